The molecule has 2 N–H and O–H groups in total. The summed E-state index contributed by atoms with van der Waals surface area (Å²) >= 11 is 3.33. The van der Waals surface area contributed by atoms with Crippen LogP contribution in [0, 0.1) is 20.8 Å². The summed E-state index contributed by atoms with van der Waals surface area (Å²) in [6.45, 7) is 10.1. The van der Waals surface area contributed by atoms with Crippen molar-refractivity contribution < 1.29 is 4.79 Å². The van der Waals surface area contributed by atoms with Gasteiger partial charge < -0.3 is 10.6 Å². The number of nitrogens with zero attached hydrogens (tertiary/aromatic N) is 1. The van der Waals surface area contributed by atoms with E-state index in [9.17, 15) is 4.79 Å². The van der Waals surface area contributed by atoms with E-state index >= 15 is 0 Å². The lowest BCUT2D eigenvalue weighted by Gasteiger charge is -2.17. The summed E-state index contributed by atoms with van der Waals surface area (Å²) in [6, 6.07) is 1.89. The second-order valence-electron chi connectivity index (χ2n) is 5.26. The maximum atomic E-state index is 12.1. The summed E-state index contributed by atoms with van der Waals surface area (Å²) < 4.78 is 0. The van der Waals surface area contributed by atoms with Gasteiger partial charge in [0, 0.05) is 20.8 Å². The normalized spacial score (nSPS) is 13.8. The van der Waals surface area contributed by atoms with Gasteiger partial charge in [0.1, 0.15) is 5.01 Å². The number of aryl methyl sites for hydroxylation is 3. The van der Waals surface area contributed by atoms with Gasteiger partial charge in [0.15, 0.2) is 0 Å². The molecule has 2 aromatic rings. The first kappa shape index (κ1) is 16.0. The highest BCUT2D eigenvalue weighted by atomic mass is 32.1. The minimum absolute atomic E-state index is 0.000168. The van der Waals surface area contributed by atoms with Crippen molar-refractivity contribution in [3.8, 4) is 0 Å². The Hall–Kier alpha value is -1.40. The average molecular weight is 323 g/mol. The third-order valence-electron chi connectivity index (χ3n) is 3.25. The van der Waals surface area contributed by atoms with Crippen molar-refractivity contribution in [2.45, 2.75) is 46.7 Å². The first-order valence-corrected chi connectivity index (χ1v) is 8.62. The second kappa shape index (κ2) is 6.58. The topological polar surface area (TPSA) is 54.0 Å². The second-order valence-corrected chi connectivity index (χ2v) is 7.61. The minimum Gasteiger partial charge on any atom is -0.332 e. The SMILES string of the molecule is Cc1csc(C(C)NC(=O)NC(C)c2cc(C)sc2C)n1. The third kappa shape index (κ3) is 4.04. The Balaban J connectivity index is 1.94. The van der Waals surface area contributed by atoms with Gasteiger partial charge in [-0.1, -0.05) is 0 Å². The molecule has 0 spiro atoms. The van der Waals surface area contributed by atoms with Crippen molar-refractivity contribution in [1.82, 2.24) is 15.6 Å². The maximum absolute atomic E-state index is 12.1. The van der Waals surface area contributed by atoms with Gasteiger partial charge in [0.2, 0.25) is 0 Å². The quantitative estimate of drug-likeness (QED) is 0.883. The van der Waals surface area contributed by atoms with E-state index < -0.39 is 0 Å². The molecule has 2 heterocycles. The van der Waals surface area contributed by atoms with Crippen LogP contribution in [0.2, 0.25) is 0 Å². The van der Waals surface area contributed by atoms with Gasteiger partial charge in [0.05, 0.1) is 12.1 Å². The van der Waals surface area contributed by atoms with Crippen molar-refractivity contribution in [2.24, 2.45) is 0 Å². The monoisotopic (exact) mass is 323 g/mol. The first-order chi connectivity index (χ1) is 9.86. The van der Waals surface area contributed by atoms with E-state index in [1.54, 1.807) is 22.7 Å². The molecule has 0 radical (unpaired) electrons. The Bertz CT molecular complexity index is 633. The highest BCUT2D eigenvalue weighted by Gasteiger charge is 2.16. The van der Waals surface area contributed by atoms with Gasteiger partial charge in [-0.05, 0) is 46.2 Å². The van der Waals surface area contributed by atoms with Crippen LogP contribution in [0.5, 0.6) is 0 Å². The molecule has 2 rings (SSSR count). The molecular formula is C15H21N3OS2. The average Bonchev–Trinajstić information content (AvgIpc) is 2.95. The van der Waals surface area contributed by atoms with Crippen LogP contribution in [0.3, 0.4) is 0 Å². The maximum Gasteiger partial charge on any atom is 0.315 e. The minimum atomic E-state index is -0.161. The lowest BCUT2D eigenvalue weighted by molar-refractivity contribution is 0.235. The zero-order chi connectivity index (χ0) is 15.6. The Morgan fingerprint density at radius 2 is 1.86 bits per heavy atom. The number of urea groups is 1. The summed E-state index contributed by atoms with van der Waals surface area (Å²) in [5.41, 5.74) is 2.17. The predicted molar refractivity (Wildman–Crippen MR) is 89.1 cm³/mol. The molecule has 2 atom stereocenters. The number of carbonyl (C=O) groups is 1. The Morgan fingerprint density at radius 3 is 2.38 bits per heavy atom. The highest BCUT2D eigenvalue weighted by Crippen LogP contribution is 2.26. The van der Waals surface area contributed by atoms with E-state index in [1.807, 2.05) is 26.2 Å². The Labute approximate surface area is 133 Å². The molecule has 114 valence electrons. The molecule has 0 bridgehead atoms. The Morgan fingerprint density at radius 1 is 1.19 bits per heavy atom. The number of nitrogens with one attached hydrogen (secondary N) is 2. The van der Waals surface area contributed by atoms with Crippen molar-refractivity contribution in [3.63, 3.8) is 0 Å². The van der Waals surface area contributed by atoms with Gasteiger partial charge >= 0.3 is 6.03 Å². The van der Waals surface area contributed by atoms with Crippen LogP contribution >= 0.6 is 22.7 Å². The molecule has 0 saturated carbocycles. The molecule has 2 aromatic heterocycles. The third-order valence-corrected chi connectivity index (χ3v) is 5.38. The van der Waals surface area contributed by atoms with Crippen LogP contribution in [0.1, 0.15) is 52.0 Å². The van der Waals surface area contributed by atoms with Crippen molar-refractivity contribution in [3.05, 3.63) is 37.5 Å². The number of amides is 2. The van der Waals surface area contributed by atoms with E-state index in [1.165, 1.54) is 15.3 Å². The predicted octanol–water partition coefficient (Wildman–Crippen LogP) is 4.25. The molecule has 0 aliphatic carbocycles. The molecule has 2 amide bonds. The van der Waals surface area contributed by atoms with Crippen LogP contribution in [-0.4, -0.2) is 11.0 Å². The van der Waals surface area contributed by atoms with Crippen LogP contribution < -0.4 is 10.6 Å². The van der Waals surface area contributed by atoms with Gasteiger partial charge in [-0.3, -0.25) is 0 Å². The zero-order valence-electron chi connectivity index (χ0n) is 13.0. The number of rotatable bonds is 4. The number of hydrogen-bond acceptors (Lipinski definition) is 4. The number of aromatic nitrogens is 1. The van der Waals surface area contributed by atoms with E-state index in [4.69, 9.17) is 0 Å². The number of thiophene rings is 1. The first-order valence-electron chi connectivity index (χ1n) is 6.92. The molecule has 0 aromatic carbocycles. The number of hydrogen-bond donors (Lipinski definition) is 2. The van der Waals surface area contributed by atoms with Crippen molar-refractivity contribution >= 4 is 28.7 Å². The fraction of sp³-hybridized carbons (Fsp3) is 0.467. The molecule has 0 aliphatic rings. The summed E-state index contributed by atoms with van der Waals surface area (Å²) in [4.78, 5) is 19.0. The smallest absolute Gasteiger partial charge is 0.315 e. The lowest BCUT2D eigenvalue weighted by Crippen LogP contribution is -2.38. The van der Waals surface area contributed by atoms with E-state index in [2.05, 4.69) is 35.5 Å². The van der Waals surface area contributed by atoms with Gasteiger partial charge in [-0.2, -0.15) is 0 Å². The highest BCUT2D eigenvalue weighted by molar-refractivity contribution is 7.12. The van der Waals surface area contributed by atoms with Gasteiger partial charge in [0.25, 0.3) is 0 Å². The van der Waals surface area contributed by atoms with Crippen molar-refractivity contribution in [2.75, 3.05) is 0 Å². The van der Waals surface area contributed by atoms with Crippen LogP contribution in [-0.2, 0) is 0 Å². The van der Waals surface area contributed by atoms with E-state index in [-0.39, 0.29) is 18.1 Å². The molecular weight excluding hydrogens is 302 g/mol. The van der Waals surface area contributed by atoms with Crippen molar-refractivity contribution in [1.29, 1.82) is 0 Å². The van der Waals surface area contributed by atoms with Crippen LogP contribution in [0.15, 0.2) is 11.4 Å². The molecule has 0 aliphatic heterocycles. The standard InChI is InChI=1S/C15H21N3OS2/c1-8-7-20-14(16-8)11(4)18-15(19)17-10(3)13-6-9(2)21-12(13)5/h6-7,10-11H,1-5H3,(H2,17,18,19). The summed E-state index contributed by atoms with van der Waals surface area (Å²) in [5, 5.41) is 8.85. The summed E-state index contributed by atoms with van der Waals surface area (Å²) in [5.74, 6) is 0. The summed E-state index contributed by atoms with van der Waals surface area (Å²) in [6.07, 6.45) is 0. The zero-order valence-corrected chi connectivity index (χ0v) is 14.6. The fourth-order valence-corrected chi connectivity index (χ4v) is 4.05. The van der Waals surface area contributed by atoms with Gasteiger partial charge in [-0.15, -0.1) is 22.7 Å². The molecule has 6 heteroatoms. The summed E-state index contributed by atoms with van der Waals surface area (Å²) in [7, 11) is 0. The molecule has 0 fully saturated rings. The number of carbonyl (C=O) groups excluding carboxylic acids is 1. The molecule has 2 unspecified atom stereocenters. The Kier molecular flexibility index (Phi) is 5.00. The van der Waals surface area contributed by atoms with Gasteiger partial charge in [-0.25, -0.2) is 9.78 Å². The largest absolute Gasteiger partial charge is 0.332 e. The molecule has 0 saturated heterocycles. The molecule has 4 nitrogen and oxygen atoms in total. The number of thiazole rings is 1. The fourth-order valence-electron chi connectivity index (χ4n) is 2.23. The molecule has 21 heavy (non-hydrogen) atoms. The van der Waals surface area contributed by atoms with E-state index in [0.717, 1.165) is 10.7 Å². The van der Waals surface area contributed by atoms with Crippen LogP contribution in [0.4, 0.5) is 4.79 Å². The van der Waals surface area contributed by atoms with E-state index in [0.29, 0.717) is 0 Å². The van der Waals surface area contributed by atoms with Crippen LogP contribution in [0.25, 0.3) is 0 Å². The lowest BCUT2D eigenvalue weighted by atomic mass is 10.1.